The normalized spacial score (nSPS) is 22.0. The fraction of sp³-hybridized carbons (Fsp3) is 0.455. The number of benzene rings is 2. The molecule has 0 bridgehead atoms. The number of rotatable bonds is 6. The molecule has 0 aliphatic carbocycles. The van der Waals surface area contributed by atoms with E-state index < -0.39 is 0 Å². The van der Waals surface area contributed by atoms with Crippen molar-refractivity contribution in [1.29, 1.82) is 0 Å². The minimum Gasteiger partial charge on any atom is -0.365 e. The quantitative estimate of drug-likeness (QED) is 0.737. The van der Waals surface area contributed by atoms with Crippen LogP contribution >= 0.6 is 0 Å². The third-order valence-electron chi connectivity index (χ3n) is 5.12. The molecule has 1 aliphatic rings. The van der Waals surface area contributed by atoms with Gasteiger partial charge in [-0.2, -0.15) is 0 Å². The number of ether oxygens (including phenoxy) is 1. The van der Waals surface area contributed by atoms with E-state index in [1.54, 1.807) is 0 Å². The lowest BCUT2D eigenvalue weighted by Gasteiger charge is -2.38. The van der Waals surface area contributed by atoms with Gasteiger partial charge in [-0.25, -0.2) is 0 Å². The second kappa shape index (κ2) is 8.46. The SMILES string of the molecule is CCCC1CC(OC(c2ccccc2)c2ccccc2)CCN1C. The zero-order valence-corrected chi connectivity index (χ0v) is 14.9. The van der Waals surface area contributed by atoms with Crippen molar-refractivity contribution in [2.45, 2.75) is 50.9 Å². The molecule has 1 fully saturated rings. The molecular weight excluding hydrogens is 294 g/mol. The summed E-state index contributed by atoms with van der Waals surface area (Å²) in [7, 11) is 2.25. The molecule has 1 heterocycles. The van der Waals surface area contributed by atoms with Gasteiger partial charge in [0.25, 0.3) is 0 Å². The maximum absolute atomic E-state index is 6.66. The molecule has 2 nitrogen and oxygen atoms in total. The van der Waals surface area contributed by atoms with Crippen molar-refractivity contribution >= 4 is 0 Å². The summed E-state index contributed by atoms with van der Waals surface area (Å²) in [6.07, 6.45) is 5.12. The molecule has 0 N–H and O–H groups in total. The predicted molar refractivity (Wildman–Crippen MR) is 100 cm³/mol. The molecule has 0 aromatic heterocycles. The van der Waals surface area contributed by atoms with Crippen LogP contribution in [0.3, 0.4) is 0 Å². The van der Waals surface area contributed by atoms with E-state index in [9.17, 15) is 0 Å². The summed E-state index contributed by atoms with van der Waals surface area (Å²) in [6, 6.07) is 21.9. The number of nitrogens with zero attached hydrogens (tertiary/aromatic N) is 1. The average Bonchev–Trinajstić information content (AvgIpc) is 2.64. The van der Waals surface area contributed by atoms with Gasteiger partial charge < -0.3 is 9.64 Å². The molecule has 24 heavy (non-hydrogen) atoms. The fourth-order valence-electron chi connectivity index (χ4n) is 3.72. The van der Waals surface area contributed by atoms with Gasteiger partial charge in [0.2, 0.25) is 0 Å². The standard InChI is InChI=1S/C22H29NO/c1-3-10-20-17-21(15-16-23(20)2)24-22(18-11-6-4-7-12-18)19-13-8-5-9-14-19/h4-9,11-14,20-22H,3,10,15-17H2,1-2H3. The molecule has 2 heteroatoms. The minimum absolute atomic E-state index is 0.0306. The molecule has 2 unspecified atom stereocenters. The molecule has 2 atom stereocenters. The maximum Gasteiger partial charge on any atom is 0.108 e. The smallest absolute Gasteiger partial charge is 0.108 e. The van der Waals surface area contributed by atoms with Crippen LogP contribution in [0, 0.1) is 0 Å². The van der Waals surface area contributed by atoms with E-state index in [0.717, 1.165) is 19.4 Å². The Morgan fingerprint density at radius 3 is 2.12 bits per heavy atom. The highest BCUT2D eigenvalue weighted by atomic mass is 16.5. The summed E-state index contributed by atoms with van der Waals surface area (Å²) < 4.78 is 6.66. The highest BCUT2D eigenvalue weighted by Gasteiger charge is 2.28. The number of hydrogen-bond acceptors (Lipinski definition) is 2. The topological polar surface area (TPSA) is 12.5 Å². The van der Waals surface area contributed by atoms with E-state index in [0.29, 0.717) is 12.1 Å². The van der Waals surface area contributed by atoms with Crippen LogP contribution < -0.4 is 0 Å². The molecule has 2 aromatic rings. The first-order chi connectivity index (χ1) is 11.8. The van der Waals surface area contributed by atoms with E-state index >= 15 is 0 Å². The van der Waals surface area contributed by atoms with Crippen molar-refractivity contribution < 1.29 is 4.74 Å². The first-order valence-corrected chi connectivity index (χ1v) is 9.23. The average molecular weight is 323 g/mol. The Kier molecular flexibility index (Phi) is 6.06. The van der Waals surface area contributed by atoms with Crippen LogP contribution in [0.2, 0.25) is 0 Å². The Bertz CT molecular complexity index is 558. The third kappa shape index (κ3) is 4.25. The maximum atomic E-state index is 6.66. The van der Waals surface area contributed by atoms with Crippen LogP contribution in [0.25, 0.3) is 0 Å². The lowest BCUT2D eigenvalue weighted by Crippen LogP contribution is -2.42. The van der Waals surface area contributed by atoms with Gasteiger partial charge in [-0.15, -0.1) is 0 Å². The predicted octanol–water partition coefficient (Wildman–Crippen LogP) is 5.06. The van der Waals surface area contributed by atoms with Gasteiger partial charge in [0.05, 0.1) is 6.10 Å². The zero-order chi connectivity index (χ0) is 16.8. The van der Waals surface area contributed by atoms with Gasteiger partial charge in [0.1, 0.15) is 6.10 Å². The molecule has 0 saturated carbocycles. The highest BCUT2D eigenvalue weighted by molar-refractivity contribution is 5.30. The summed E-state index contributed by atoms with van der Waals surface area (Å²) in [5.41, 5.74) is 2.49. The number of likely N-dealkylation sites (tertiary alicyclic amines) is 1. The van der Waals surface area contributed by atoms with E-state index in [4.69, 9.17) is 4.74 Å². The van der Waals surface area contributed by atoms with Gasteiger partial charge in [-0.05, 0) is 37.4 Å². The molecule has 0 amide bonds. The monoisotopic (exact) mass is 323 g/mol. The molecule has 1 saturated heterocycles. The van der Waals surface area contributed by atoms with Crippen molar-refractivity contribution in [2.24, 2.45) is 0 Å². The fourth-order valence-corrected chi connectivity index (χ4v) is 3.72. The Morgan fingerprint density at radius 1 is 1.00 bits per heavy atom. The molecule has 3 rings (SSSR count). The first kappa shape index (κ1) is 17.2. The largest absolute Gasteiger partial charge is 0.365 e. The Morgan fingerprint density at radius 2 is 1.58 bits per heavy atom. The summed E-state index contributed by atoms with van der Waals surface area (Å²) in [4.78, 5) is 2.50. The Hall–Kier alpha value is -1.64. The summed E-state index contributed by atoms with van der Waals surface area (Å²) in [5, 5.41) is 0. The molecule has 0 spiro atoms. The van der Waals surface area contributed by atoms with Gasteiger partial charge in [-0.1, -0.05) is 74.0 Å². The minimum atomic E-state index is 0.0306. The van der Waals surface area contributed by atoms with Crippen LogP contribution in [0.1, 0.15) is 49.8 Å². The van der Waals surface area contributed by atoms with Crippen LogP contribution in [0.4, 0.5) is 0 Å². The second-order valence-corrected chi connectivity index (χ2v) is 6.91. The lowest BCUT2D eigenvalue weighted by atomic mass is 9.95. The van der Waals surface area contributed by atoms with Crippen molar-refractivity contribution in [2.75, 3.05) is 13.6 Å². The molecule has 1 aliphatic heterocycles. The van der Waals surface area contributed by atoms with Gasteiger partial charge >= 0.3 is 0 Å². The Balaban J connectivity index is 1.77. The van der Waals surface area contributed by atoms with Crippen LogP contribution in [0.15, 0.2) is 60.7 Å². The summed E-state index contributed by atoms with van der Waals surface area (Å²) in [6.45, 7) is 3.40. The van der Waals surface area contributed by atoms with E-state index in [1.807, 2.05) is 0 Å². The van der Waals surface area contributed by atoms with Gasteiger partial charge in [0, 0.05) is 12.6 Å². The second-order valence-electron chi connectivity index (χ2n) is 6.91. The van der Waals surface area contributed by atoms with Crippen LogP contribution in [-0.4, -0.2) is 30.6 Å². The summed E-state index contributed by atoms with van der Waals surface area (Å²) >= 11 is 0. The number of piperidine rings is 1. The summed E-state index contributed by atoms with van der Waals surface area (Å²) in [5.74, 6) is 0. The van der Waals surface area contributed by atoms with E-state index in [-0.39, 0.29) is 6.10 Å². The van der Waals surface area contributed by atoms with Crippen molar-refractivity contribution in [3.63, 3.8) is 0 Å². The molecular formula is C22H29NO. The van der Waals surface area contributed by atoms with Crippen LogP contribution in [-0.2, 0) is 4.74 Å². The van der Waals surface area contributed by atoms with Gasteiger partial charge in [-0.3, -0.25) is 0 Å². The highest BCUT2D eigenvalue weighted by Crippen LogP contribution is 2.31. The zero-order valence-electron chi connectivity index (χ0n) is 14.9. The number of hydrogen-bond donors (Lipinski definition) is 0. The lowest BCUT2D eigenvalue weighted by molar-refractivity contribution is -0.0408. The molecule has 2 aromatic carbocycles. The van der Waals surface area contributed by atoms with Crippen molar-refractivity contribution in [1.82, 2.24) is 4.90 Å². The van der Waals surface area contributed by atoms with Crippen molar-refractivity contribution in [3.05, 3.63) is 71.8 Å². The first-order valence-electron chi connectivity index (χ1n) is 9.23. The third-order valence-corrected chi connectivity index (χ3v) is 5.12. The van der Waals surface area contributed by atoms with Crippen LogP contribution in [0.5, 0.6) is 0 Å². The molecule has 128 valence electrons. The molecule has 0 radical (unpaired) electrons. The Labute approximate surface area is 146 Å². The van der Waals surface area contributed by atoms with Crippen molar-refractivity contribution in [3.8, 4) is 0 Å². The van der Waals surface area contributed by atoms with E-state index in [2.05, 4.69) is 79.5 Å². The van der Waals surface area contributed by atoms with E-state index in [1.165, 1.54) is 24.0 Å². The van der Waals surface area contributed by atoms with Gasteiger partial charge in [0.15, 0.2) is 0 Å².